The van der Waals surface area contributed by atoms with Crippen molar-refractivity contribution in [1.82, 2.24) is 0 Å². The van der Waals surface area contributed by atoms with Gasteiger partial charge in [0.15, 0.2) is 0 Å². The SMILES string of the molecule is COc1cc(I)c(Cl)cc1C(=O)N(C)c1ccccc1OC. The fourth-order valence-corrected chi connectivity index (χ4v) is 2.66. The minimum absolute atomic E-state index is 0.223. The highest BCUT2D eigenvalue weighted by atomic mass is 127. The van der Waals surface area contributed by atoms with Gasteiger partial charge in [-0.15, -0.1) is 0 Å². The van der Waals surface area contributed by atoms with E-state index in [0.29, 0.717) is 27.8 Å². The van der Waals surface area contributed by atoms with Gasteiger partial charge in [-0.2, -0.15) is 0 Å². The third-order valence-electron chi connectivity index (χ3n) is 3.22. The molecular weight excluding hydrogens is 417 g/mol. The van der Waals surface area contributed by atoms with E-state index in [1.54, 1.807) is 32.4 Å². The maximum Gasteiger partial charge on any atom is 0.261 e. The van der Waals surface area contributed by atoms with E-state index in [0.717, 1.165) is 3.57 Å². The van der Waals surface area contributed by atoms with Gasteiger partial charge in [0.05, 0.1) is 30.5 Å². The molecule has 0 bridgehead atoms. The summed E-state index contributed by atoms with van der Waals surface area (Å²) in [5.41, 5.74) is 1.08. The second-order valence-corrected chi connectivity index (χ2v) is 6.07. The molecule has 6 heteroatoms. The third kappa shape index (κ3) is 3.30. The zero-order valence-corrected chi connectivity index (χ0v) is 15.3. The Labute approximate surface area is 148 Å². The van der Waals surface area contributed by atoms with Crippen molar-refractivity contribution >= 4 is 45.8 Å². The van der Waals surface area contributed by atoms with Gasteiger partial charge in [-0.3, -0.25) is 4.79 Å². The summed E-state index contributed by atoms with van der Waals surface area (Å²) < 4.78 is 11.4. The van der Waals surface area contributed by atoms with E-state index in [9.17, 15) is 4.79 Å². The Bertz CT molecular complexity index is 706. The minimum atomic E-state index is -0.223. The molecule has 0 heterocycles. The summed E-state index contributed by atoms with van der Waals surface area (Å²) in [7, 11) is 4.78. The van der Waals surface area contributed by atoms with Crippen LogP contribution in [0.2, 0.25) is 5.02 Å². The van der Waals surface area contributed by atoms with Crippen molar-refractivity contribution in [2.24, 2.45) is 0 Å². The van der Waals surface area contributed by atoms with Crippen LogP contribution in [-0.4, -0.2) is 27.2 Å². The number of rotatable bonds is 4. The van der Waals surface area contributed by atoms with E-state index < -0.39 is 0 Å². The average Bonchev–Trinajstić information content (AvgIpc) is 2.55. The van der Waals surface area contributed by atoms with E-state index in [1.165, 1.54) is 12.0 Å². The Morgan fingerprint density at radius 3 is 2.41 bits per heavy atom. The van der Waals surface area contributed by atoms with Crippen LogP contribution in [0, 0.1) is 3.57 Å². The molecule has 0 atom stereocenters. The number of halogens is 2. The lowest BCUT2D eigenvalue weighted by atomic mass is 10.1. The topological polar surface area (TPSA) is 38.8 Å². The van der Waals surface area contributed by atoms with Crippen molar-refractivity contribution in [1.29, 1.82) is 0 Å². The number of amides is 1. The van der Waals surface area contributed by atoms with E-state index in [1.807, 2.05) is 18.2 Å². The number of anilines is 1. The van der Waals surface area contributed by atoms with Gasteiger partial charge < -0.3 is 14.4 Å². The molecule has 4 nitrogen and oxygen atoms in total. The molecular formula is C16H15ClINO3. The van der Waals surface area contributed by atoms with Crippen molar-refractivity contribution in [3.05, 3.63) is 50.6 Å². The molecule has 0 unspecified atom stereocenters. The normalized spacial score (nSPS) is 10.2. The van der Waals surface area contributed by atoms with Gasteiger partial charge in [0, 0.05) is 10.6 Å². The van der Waals surface area contributed by atoms with Gasteiger partial charge in [0.2, 0.25) is 0 Å². The number of hydrogen-bond acceptors (Lipinski definition) is 3. The van der Waals surface area contributed by atoms with Crippen LogP contribution in [0.4, 0.5) is 5.69 Å². The first kappa shape index (κ1) is 16.9. The van der Waals surface area contributed by atoms with Gasteiger partial charge in [-0.1, -0.05) is 23.7 Å². The molecule has 0 aliphatic heterocycles. The first-order chi connectivity index (χ1) is 10.5. The fraction of sp³-hybridized carbons (Fsp3) is 0.188. The number of methoxy groups -OCH3 is 2. The van der Waals surface area contributed by atoms with Crippen LogP contribution in [0.3, 0.4) is 0 Å². The number of benzene rings is 2. The molecule has 0 aromatic heterocycles. The lowest BCUT2D eigenvalue weighted by Gasteiger charge is -2.21. The molecule has 0 aliphatic rings. The molecule has 0 N–H and O–H groups in total. The van der Waals surface area contributed by atoms with Crippen LogP contribution in [-0.2, 0) is 0 Å². The molecule has 116 valence electrons. The number of nitrogens with zero attached hydrogens (tertiary/aromatic N) is 1. The van der Waals surface area contributed by atoms with Crippen molar-refractivity contribution in [2.45, 2.75) is 0 Å². The summed E-state index contributed by atoms with van der Waals surface area (Å²) in [6, 6.07) is 10.7. The van der Waals surface area contributed by atoms with Crippen LogP contribution in [0.1, 0.15) is 10.4 Å². The first-order valence-electron chi connectivity index (χ1n) is 6.43. The molecule has 0 radical (unpaired) electrons. The van der Waals surface area contributed by atoms with E-state index in [4.69, 9.17) is 21.1 Å². The second kappa shape index (κ2) is 7.19. The maximum absolute atomic E-state index is 12.8. The van der Waals surface area contributed by atoms with E-state index in [-0.39, 0.29) is 5.91 Å². The van der Waals surface area contributed by atoms with Crippen molar-refractivity contribution in [3.8, 4) is 11.5 Å². The predicted octanol–water partition coefficient (Wildman–Crippen LogP) is 4.24. The summed E-state index contributed by atoms with van der Waals surface area (Å²) in [4.78, 5) is 14.3. The van der Waals surface area contributed by atoms with Crippen LogP contribution in [0.5, 0.6) is 11.5 Å². The average molecular weight is 432 g/mol. The Morgan fingerprint density at radius 2 is 1.77 bits per heavy atom. The molecule has 0 aliphatic carbocycles. The third-order valence-corrected chi connectivity index (χ3v) is 4.75. The zero-order chi connectivity index (χ0) is 16.3. The largest absolute Gasteiger partial charge is 0.496 e. The van der Waals surface area contributed by atoms with Crippen LogP contribution in [0.25, 0.3) is 0 Å². The molecule has 22 heavy (non-hydrogen) atoms. The standard InChI is InChI=1S/C16H15ClINO3/c1-19(13-6-4-5-7-14(13)21-2)16(20)10-8-11(17)12(18)9-15(10)22-3/h4-9H,1-3H3. The first-order valence-corrected chi connectivity index (χ1v) is 7.89. The van der Waals surface area contributed by atoms with Crippen LogP contribution >= 0.6 is 34.2 Å². The highest BCUT2D eigenvalue weighted by molar-refractivity contribution is 14.1. The molecule has 0 spiro atoms. The monoisotopic (exact) mass is 431 g/mol. The summed E-state index contributed by atoms with van der Waals surface area (Å²) in [5, 5.41) is 0.512. The zero-order valence-electron chi connectivity index (χ0n) is 12.4. The van der Waals surface area contributed by atoms with Crippen molar-refractivity contribution in [2.75, 3.05) is 26.2 Å². The van der Waals surface area contributed by atoms with Crippen molar-refractivity contribution < 1.29 is 14.3 Å². The summed E-state index contributed by atoms with van der Waals surface area (Å²) in [5.74, 6) is 0.883. The molecule has 2 rings (SSSR count). The van der Waals surface area contributed by atoms with Crippen molar-refractivity contribution in [3.63, 3.8) is 0 Å². The van der Waals surface area contributed by atoms with Gasteiger partial charge in [0.1, 0.15) is 11.5 Å². The van der Waals surface area contributed by atoms with Gasteiger partial charge in [-0.25, -0.2) is 0 Å². The van der Waals surface area contributed by atoms with Gasteiger partial charge in [-0.05, 0) is 46.9 Å². The highest BCUT2D eigenvalue weighted by Crippen LogP contribution is 2.32. The molecule has 1 amide bonds. The van der Waals surface area contributed by atoms with Gasteiger partial charge in [0.25, 0.3) is 5.91 Å². The number of ether oxygens (including phenoxy) is 2. The molecule has 0 saturated heterocycles. The minimum Gasteiger partial charge on any atom is -0.496 e. The highest BCUT2D eigenvalue weighted by Gasteiger charge is 2.21. The molecule has 2 aromatic rings. The Hall–Kier alpha value is -1.47. The summed E-state index contributed by atoms with van der Waals surface area (Å²) in [6.45, 7) is 0. The van der Waals surface area contributed by atoms with E-state index >= 15 is 0 Å². The summed E-state index contributed by atoms with van der Waals surface area (Å²) in [6.07, 6.45) is 0. The quantitative estimate of drug-likeness (QED) is 0.680. The predicted molar refractivity (Wildman–Crippen MR) is 96.4 cm³/mol. The smallest absolute Gasteiger partial charge is 0.261 e. The van der Waals surface area contributed by atoms with E-state index in [2.05, 4.69) is 22.6 Å². The fourth-order valence-electron chi connectivity index (χ4n) is 2.06. The number of carbonyl (C=O) groups is 1. The lowest BCUT2D eigenvalue weighted by molar-refractivity contribution is 0.0989. The lowest BCUT2D eigenvalue weighted by Crippen LogP contribution is -2.27. The second-order valence-electron chi connectivity index (χ2n) is 4.50. The van der Waals surface area contributed by atoms with Crippen LogP contribution < -0.4 is 14.4 Å². The maximum atomic E-state index is 12.8. The number of carbonyl (C=O) groups excluding carboxylic acids is 1. The number of para-hydroxylation sites is 2. The Kier molecular flexibility index (Phi) is 5.52. The molecule has 2 aromatic carbocycles. The molecule has 0 saturated carbocycles. The molecule has 0 fully saturated rings. The number of hydrogen-bond donors (Lipinski definition) is 0. The Balaban J connectivity index is 2.45. The summed E-state index contributed by atoms with van der Waals surface area (Å²) >= 11 is 8.23. The van der Waals surface area contributed by atoms with Crippen LogP contribution in [0.15, 0.2) is 36.4 Å². The van der Waals surface area contributed by atoms with Gasteiger partial charge >= 0.3 is 0 Å². The Morgan fingerprint density at radius 1 is 1.14 bits per heavy atom.